The van der Waals surface area contributed by atoms with Crippen LogP contribution in [0.1, 0.15) is 0 Å². The molecule has 8 nitrogen and oxygen atoms in total. The van der Waals surface area contributed by atoms with Crippen molar-refractivity contribution in [2.75, 3.05) is 26.2 Å². The number of urea groups is 1. The number of hydrogen-bond donors (Lipinski definition) is 3. The molecule has 2 heterocycles. The van der Waals surface area contributed by atoms with Crippen LogP contribution in [-0.2, 0) is 10.2 Å². The van der Waals surface area contributed by atoms with Crippen LogP contribution in [0.4, 0.5) is 4.79 Å². The first kappa shape index (κ1) is 17.5. The predicted octanol–water partition coefficient (Wildman–Crippen LogP) is -0.0838. The molecule has 12 heteroatoms. The number of amidine groups is 1. The Labute approximate surface area is 132 Å². The fourth-order valence-electron chi connectivity index (χ4n) is 1.63. The van der Waals surface area contributed by atoms with Crippen LogP contribution >= 0.6 is 35.6 Å². The third kappa shape index (κ3) is 3.96. The van der Waals surface area contributed by atoms with E-state index < -0.39 is 16.2 Å². The van der Waals surface area contributed by atoms with Crippen molar-refractivity contribution in [3.05, 3.63) is 10.2 Å². The van der Waals surface area contributed by atoms with Crippen LogP contribution in [0.3, 0.4) is 0 Å². The summed E-state index contributed by atoms with van der Waals surface area (Å²) >= 11 is 11.1. The van der Waals surface area contributed by atoms with Crippen LogP contribution in [0.15, 0.2) is 14.6 Å². The van der Waals surface area contributed by atoms with E-state index in [2.05, 4.69) is 20.3 Å². The van der Waals surface area contributed by atoms with E-state index in [0.717, 1.165) is 0 Å². The van der Waals surface area contributed by atoms with Gasteiger partial charge in [0.15, 0.2) is 5.84 Å². The summed E-state index contributed by atoms with van der Waals surface area (Å²) in [4.78, 5) is 11.2. The number of amides is 2. The lowest BCUT2D eigenvalue weighted by Gasteiger charge is -2.24. The molecule has 0 atom stereocenters. The zero-order chi connectivity index (χ0) is 14.0. The first-order valence-corrected chi connectivity index (χ1v) is 7.50. The first-order chi connectivity index (χ1) is 8.90. The van der Waals surface area contributed by atoms with E-state index in [4.69, 9.17) is 23.2 Å². The summed E-state index contributed by atoms with van der Waals surface area (Å²) in [5, 5.41) is 7.53. The number of carbonyl (C=O) groups is 1. The summed E-state index contributed by atoms with van der Waals surface area (Å²) in [6.07, 6.45) is 0. The van der Waals surface area contributed by atoms with Gasteiger partial charge in [-0.2, -0.15) is 12.7 Å². The first-order valence-electron chi connectivity index (χ1n) is 5.34. The average molecular weight is 365 g/mol. The van der Waals surface area contributed by atoms with Gasteiger partial charge in [0.05, 0.1) is 0 Å². The van der Waals surface area contributed by atoms with E-state index in [-0.39, 0.29) is 28.4 Å². The zero-order valence-corrected chi connectivity index (χ0v) is 13.2. The SMILES string of the molecule is Cl.O=C1NC(=C(Cl)Cl)/C(=N/S(=O)(=O)N2CCNCC2)N1. The van der Waals surface area contributed by atoms with Crippen molar-refractivity contribution < 1.29 is 13.2 Å². The van der Waals surface area contributed by atoms with Crippen LogP contribution in [-0.4, -0.2) is 50.8 Å². The molecule has 2 amide bonds. The van der Waals surface area contributed by atoms with Crippen molar-refractivity contribution in [2.45, 2.75) is 0 Å². The lowest BCUT2D eigenvalue weighted by molar-refractivity contribution is 0.250. The van der Waals surface area contributed by atoms with Gasteiger partial charge in [0.25, 0.3) is 0 Å². The summed E-state index contributed by atoms with van der Waals surface area (Å²) in [6, 6.07) is -0.636. The number of hydrogen-bond acceptors (Lipinski definition) is 4. The summed E-state index contributed by atoms with van der Waals surface area (Å²) in [7, 11) is -3.88. The molecule has 0 aromatic carbocycles. The van der Waals surface area contributed by atoms with Crippen molar-refractivity contribution >= 4 is 57.7 Å². The van der Waals surface area contributed by atoms with E-state index >= 15 is 0 Å². The molecule has 0 unspecified atom stereocenters. The van der Waals surface area contributed by atoms with Gasteiger partial charge >= 0.3 is 16.2 Å². The monoisotopic (exact) mass is 363 g/mol. The minimum atomic E-state index is -3.88. The van der Waals surface area contributed by atoms with E-state index in [1.165, 1.54) is 4.31 Å². The van der Waals surface area contributed by atoms with Gasteiger partial charge in [0.2, 0.25) is 0 Å². The molecule has 2 saturated heterocycles. The van der Waals surface area contributed by atoms with E-state index in [1.54, 1.807) is 0 Å². The molecule has 0 saturated carbocycles. The average Bonchev–Trinajstić information content (AvgIpc) is 2.71. The Morgan fingerprint density at radius 2 is 1.80 bits per heavy atom. The molecule has 114 valence electrons. The summed E-state index contributed by atoms with van der Waals surface area (Å²) in [5.41, 5.74) is -0.0490. The third-order valence-corrected chi connectivity index (χ3v) is 4.31. The lowest BCUT2D eigenvalue weighted by atomic mass is 10.4. The Bertz CT molecular complexity index is 552. The molecular weight excluding hydrogens is 353 g/mol. The van der Waals surface area contributed by atoms with Gasteiger partial charge in [-0.3, -0.25) is 5.32 Å². The minimum absolute atomic E-state index is 0. The van der Waals surface area contributed by atoms with Gasteiger partial charge in [0, 0.05) is 26.2 Å². The van der Waals surface area contributed by atoms with E-state index in [0.29, 0.717) is 26.2 Å². The van der Waals surface area contributed by atoms with Crippen molar-refractivity contribution in [3.63, 3.8) is 0 Å². The van der Waals surface area contributed by atoms with Crippen LogP contribution < -0.4 is 16.0 Å². The molecule has 0 aromatic rings. The highest BCUT2D eigenvalue weighted by molar-refractivity contribution is 7.88. The fourth-order valence-corrected chi connectivity index (χ4v) is 3.03. The fraction of sp³-hybridized carbons (Fsp3) is 0.500. The normalized spacial score (nSPS) is 22.2. The number of rotatable bonds is 2. The topological polar surface area (TPSA) is 103 Å². The molecule has 2 rings (SSSR count). The Balaban J connectivity index is 0.00000200. The molecule has 20 heavy (non-hydrogen) atoms. The second-order valence-corrected chi connectivity index (χ2v) is 6.33. The van der Waals surface area contributed by atoms with Gasteiger partial charge in [-0.15, -0.1) is 16.8 Å². The third-order valence-electron chi connectivity index (χ3n) is 2.51. The van der Waals surface area contributed by atoms with Gasteiger partial charge in [-0.05, 0) is 0 Å². The highest BCUT2D eigenvalue weighted by Gasteiger charge is 2.29. The number of piperazine rings is 1. The van der Waals surface area contributed by atoms with Gasteiger partial charge < -0.3 is 10.6 Å². The Hall–Kier alpha value is -0.580. The second kappa shape index (κ2) is 6.92. The Morgan fingerprint density at radius 1 is 1.20 bits per heavy atom. The number of carbonyl (C=O) groups excluding carboxylic acids is 1. The smallest absolute Gasteiger partial charge is 0.314 e. The van der Waals surface area contributed by atoms with Crippen LogP contribution in [0, 0.1) is 0 Å². The van der Waals surface area contributed by atoms with Gasteiger partial charge in [-0.25, -0.2) is 4.79 Å². The summed E-state index contributed by atoms with van der Waals surface area (Å²) in [6.45, 7) is 1.73. The van der Waals surface area contributed by atoms with Crippen molar-refractivity contribution in [1.29, 1.82) is 0 Å². The Kier molecular flexibility index (Phi) is 6.05. The number of nitrogens with zero attached hydrogens (tertiary/aromatic N) is 2. The molecular formula is C8H12Cl3N5O3S. The highest BCUT2D eigenvalue weighted by atomic mass is 35.5. The lowest BCUT2D eigenvalue weighted by Crippen LogP contribution is -2.46. The standard InChI is InChI=1S/C8H11Cl2N5O3S.ClH/c9-6(10)5-7(13-8(16)12-5)14-19(17,18)15-3-1-11-2-4-15;/h11H,1-4H2,(H2,12,13,14,16);1H. The molecule has 0 aliphatic carbocycles. The zero-order valence-electron chi connectivity index (χ0n) is 10.0. The van der Waals surface area contributed by atoms with Crippen molar-refractivity contribution in [2.24, 2.45) is 4.40 Å². The second-order valence-electron chi connectivity index (χ2n) is 3.78. The highest BCUT2D eigenvalue weighted by Crippen LogP contribution is 2.17. The van der Waals surface area contributed by atoms with Crippen molar-refractivity contribution in [1.82, 2.24) is 20.3 Å². The van der Waals surface area contributed by atoms with Crippen LogP contribution in [0.5, 0.6) is 0 Å². The maximum Gasteiger partial charge on any atom is 0.325 e. The van der Waals surface area contributed by atoms with E-state index in [1.807, 2.05) is 0 Å². The largest absolute Gasteiger partial charge is 0.325 e. The van der Waals surface area contributed by atoms with Gasteiger partial charge in [0.1, 0.15) is 10.2 Å². The maximum atomic E-state index is 12.0. The number of halogens is 3. The molecule has 2 aliphatic rings. The molecule has 0 aromatic heterocycles. The quantitative estimate of drug-likeness (QED) is 0.637. The molecule has 2 fully saturated rings. The Morgan fingerprint density at radius 3 is 2.35 bits per heavy atom. The van der Waals surface area contributed by atoms with Crippen molar-refractivity contribution in [3.8, 4) is 0 Å². The number of nitrogens with one attached hydrogen (secondary N) is 3. The van der Waals surface area contributed by atoms with E-state index in [9.17, 15) is 13.2 Å². The van der Waals surface area contributed by atoms with Gasteiger partial charge in [-0.1, -0.05) is 23.2 Å². The molecule has 0 bridgehead atoms. The van der Waals surface area contributed by atoms with Crippen LogP contribution in [0.2, 0.25) is 0 Å². The maximum absolute atomic E-state index is 12.0. The van der Waals surface area contributed by atoms with Crippen LogP contribution in [0.25, 0.3) is 0 Å². The molecule has 2 aliphatic heterocycles. The molecule has 0 spiro atoms. The predicted molar refractivity (Wildman–Crippen MR) is 78.4 cm³/mol. The summed E-state index contributed by atoms with van der Waals surface area (Å²) < 4.78 is 28.6. The molecule has 0 radical (unpaired) electrons. The minimum Gasteiger partial charge on any atom is -0.314 e. The summed E-state index contributed by atoms with van der Waals surface area (Å²) in [5.74, 6) is -0.205. The molecule has 3 N–H and O–H groups in total.